The molecule has 0 spiro atoms. The predicted molar refractivity (Wildman–Crippen MR) is 88.5 cm³/mol. The lowest BCUT2D eigenvalue weighted by Gasteiger charge is -2.14. The van der Waals surface area contributed by atoms with Crippen molar-refractivity contribution in [3.8, 4) is 0 Å². The topological polar surface area (TPSA) is 46.9 Å². The second kappa shape index (κ2) is 6.26. The lowest BCUT2D eigenvalue weighted by atomic mass is 10.2. The van der Waals surface area contributed by atoms with Crippen LogP contribution in [0.15, 0.2) is 71.7 Å². The average Bonchev–Trinajstić information content (AvgIpc) is 2.56. The van der Waals surface area contributed by atoms with E-state index in [-0.39, 0.29) is 5.56 Å². The van der Waals surface area contributed by atoms with Gasteiger partial charge in [-0.1, -0.05) is 48.5 Å². The summed E-state index contributed by atoms with van der Waals surface area (Å²) in [5.74, 6) is 0.547. The largest absolute Gasteiger partial charge is 0.326 e. The van der Waals surface area contributed by atoms with Crippen molar-refractivity contribution in [3.63, 3.8) is 0 Å². The molecule has 2 aromatic carbocycles. The van der Waals surface area contributed by atoms with Crippen molar-refractivity contribution in [2.24, 2.45) is 0 Å². The SMILES string of the molecule is Cc1cnc(Nc2ccccc2)n(Cc2ccccc2)c1=O. The molecule has 0 amide bonds. The molecular formula is C18H17N3O. The zero-order valence-corrected chi connectivity index (χ0v) is 12.4. The number of anilines is 2. The highest BCUT2D eigenvalue weighted by Gasteiger charge is 2.09. The summed E-state index contributed by atoms with van der Waals surface area (Å²) >= 11 is 0. The normalized spacial score (nSPS) is 10.4. The molecule has 0 bridgehead atoms. The number of aromatic nitrogens is 2. The van der Waals surface area contributed by atoms with Crippen molar-refractivity contribution in [1.82, 2.24) is 9.55 Å². The summed E-state index contributed by atoms with van der Waals surface area (Å²) in [6, 6.07) is 19.6. The average molecular weight is 291 g/mol. The quantitative estimate of drug-likeness (QED) is 0.802. The fourth-order valence-electron chi connectivity index (χ4n) is 2.25. The van der Waals surface area contributed by atoms with Crippen LogP contribution in [0.1, 0.15) is 11.1 Å². The number of aryl methyl sites for hydroxylation is 1. The van der Waals surface area contributed by atoms with Crippen molar-refractivity contribution in [3.05, 3.63) is 88.3 Å². The number of hydrogen-bond acceptors (Lipinski definition) is 3. The standard InChI is InChI=1S/C18H17N3O/c1-14-12-19-18(20-16-10-6-3-7-11-16)21(17(14)22)13-15-8-4-2-5-9-15/h2-12H,13H2,1H3,(H,19,20). The molecule has 3 aromatic rings. The van der Waals surface area contributed by atoms with Gasteiger partial charge in [-0.2, -0.15) is 0 Å². The molecule has 110 valence electrons. The number of para-hydroxylation sites is 1. The third-order valence-electron chi connectivity index (χ3n) is 3.43. The first-order valence-corrected chi connectivity index (χ1v) is 7.16. The molecule has 0 fully saturated rings. The summed E-state index contributed by atoms with van der Waals surface area (Å²) in [6.07, 6.45) is 1.61. The minimum absolute atomic E-state index is 0.0303. The van der Waals surface area contributed by atoms with Crippen molar-refractivity contribution in [2.45, 2.75) is 13.5 Å². The molecule has 1 heterocycles. The highest BCUT2D eigenvalue weighted by molar-refractivity contribution is 5.53. The van der Waals surface area contributed by atoms with E-state index >= 15 is 0 Å². The van der Waals surface area contributed by atoms with Gasteiger partial charge in [0.15, 0.2) is 0 Å². The van der Waals surface area contributed by atoms with E-state index in [1.165, 1.54) is 0 Å². The van der Waals surface area contributed by atoms with Crippen LogP contribution in [0.5, 0.6) is 0 Å². The van der Waals surface area contributed by atoms with Crippen molar-refractivity contribution >= 4 is 11.6 Å². The van der Waals surface area contributed by atoms with E-state index in [9.17, 15) is 4.79 Å². The molecule has 1 aromatic heterocycles. The monoisotopic (exact) mass is 291 g/mol. The fourth-order valence-corrected chi connectivity index (χ4v) is 2.25. The molecule has 4 nitrogen and oxygen atoms in total. The number of rotatable bonds is 4. The van der Waals surface area contributed by atoms with E-state index in [1.54, 1.807) is 17.7 Å². The molecule has 0 unspecified atom stereocenters. The molecule has 0 radical (unpaired) electrons. The van der Waals surface area contributed by atoms with Crippen LogP contribution in [-0.4, -0.2) is 9.55 Å². The van der Waals surface area contributed by atoms with Gasteiger partial charge in [-0.05, 0) is 24.6 Å². The molecular weight excluding hydrogens is 274 g/mol. The number of nitrogens with one attached hydrogen (secondary N) is 1. The Morgan fingerprint density at radius 3 is 2.32 bits per heavy atom. The minimum atomic E-state index is -0.0303. The molecule has 0 aliphatic heterocycles. The first-order chi connectivity index (χ1) is 10.7. The Morgan fingerprint density at radius 1 is 1.00 bits per heavy atom. The Balaban J connectivity index is 1.99. The van der Waals surface area contributed by atoms with E-state index in [2.05, 4.69) is 10.3 Å². The minimum Gasteiger partial charge on any atom is -0.326 e. The van der Waals surface area contributed by atoms with Crippen LogP contribution in [0.3, 0.4) is 0 Å². The van der Waals surface area contributed by atoms with Crippen LogP contribution in [0.25, 0.3) is 0 Å². The Hall–Kier alpha value is -2.88. The zero-order chi connectivity index (χ0) is 15.4. The van der Waals surface area contributed by atoms with Gasteiger partial charge in [-0.3, -0.25) is 9.36 Å². The summed E-state index contributed by atoms with van der Waals surface area (Å²) in [6.45, 7) is 2.27. The summed E-state index contributed by atoms with van der Waals surface area (Å²) < 4.78 is 1.66. The Morgan fingerprint density at radius 2 is 1.64 bits per heavy atom. The van der Waals surface area contributed by atoms with Crippen molar-refractivity contribution in [2.75, 3.05) is 5.32 Å². The summed E-state index contributed by atoms with van der Waals surface area (Å²) in [7, 11) is 0. The van der Waals surface area contributed by atoms with Crippen LogP contribution >= 0.6 is 0 Å². The van der Waals surface area contributed by atoms with Crippen LogP contribution in [0.2, 0.25) is 0 Å². The van der Waals surface area contributed by atoms with Gasteiger partial charge in [0.1, 0.15) is 0 Å². The van der Waals surface area contributed by atoms with Gasteiger partial charge in [0, 0.05) is 17.4 Å². The van der Waals surface area contributed by atoms with Crippen LogP contribution in [0.4, 0.5) is 11.6 Å². The second-order valence-electron chi connectivity index (χ2n) is 5.13. The highest BCUT2D eigenvalue weighted by Crippen LogP contribution is 2.14. The maximum Gasteiger partial charge on any atom is 0.258 e. The number of nitrogens with zero attached hydrogens (tertiary/aromatic N) is 2. The van der Waals surface area contributed by atoms with Crippen LogP contribution in [-0.2, 0) is 6.54 Å². The molecule has 0 saturated carbocycles. The van der Waals surface area contributed by atoms with E-state index in [1.807, 2.05) is 60.7 Å². The third-order valence-corrected chi connectivity index (χ3v) is 3.43. The first kappa shape index (κ1) is 14.1. The lowest BCUT2D eigenvalue weighted by Crippen LogP contribution is -2.26. The molecule has 0 aliphatic rings. The zero-order valence-electron chi connectivity index (χ0n) is 12.4. The maximum absolute atomic E-state index is 12.5. The molecule has 3 rings (SSSR count). The molecule has 0 saturated heterocycles. The van der Waals surface area contributed by atoms with Gasteiger partial charge >= 0.3 is 0 Å². The molecule has 0 atom stereocenters. The van der Waals surface area contributed by atoms with E-state index < -0.39 is 0 Å². The molecule has 0 aliphatic carbocycles. The Bertz CT molecular complexity index is 811. The second-order valence-corrected chi connectivity index (χ2v) is 5.13. The van der Waals surface area contributed by atoms with Crippen LogP contribution < -0.4 is 10.9 Å². The van der Waals surface area contributed by atoms with Gasteiger partial charge in [-0.25, -0.2) is 4.98 Å². The predicted octanol–water partition coefficient (Wildman–Crippen LogP) is 3.34. The summed E-state index contributed by atoms with van der Waals surface area (Å²) in [4.78, 5) is 16.8. The third kappa shape index (κ3) is 3.06. The van der Waals surface area contributed by atoms with Gasteiger partial charge in [0.25, 0.3) is 5.56 Å². The smallest absolute Gasteiger partial charge is 0.258 e. The maximum atomic E-state index is 12.5. The molecule has 22 heavy (non-hydrogen) atoms. The Kier molecular flexibility index (Phi) is 4.01. The van der Waals surface area contributed by atoms with Crippen LogP contribution in [0, 0.1) is 6.92 Å². The highest BCUT2D eigenvalue weighted by atomic mass is 16.1. The molecule has 4 heteroatoms. The van der Waals surface area contributed by atoms with Gasteiger partial charge in [0.2, 0.25) is 5.95 Å². The summed E-state index contributed by atoms with van der Waals surface area (Å²) in [5, 5.41) is 3.21. The van der Waals surface area contributed by atoms with Gasteiger partial charge in [0.05, 0.1) is 6.54 Å². The first-order valence-electron chi connectivity index (χ1n) is 7.16. The van der Waals surface area contributed by atoms with E-state index in [0.29, 0.717) is 18.1 Å². The van der Waals surface area contributed by atoms with Crippen molar-refractivity contribution < 1.29 is 0 Å². The fraction of sp³-hybridized carbons (Fsp3) is 0.111. The summed E-state index contributed by atoms with van der Waals surface area (Å²) in [5.41, 5.74) is 2.57. The van der Waals surface area contributed by atoms with Gasteiger partial charge < -0.3 is 5.32 Å². The number of hydrogen-bond donors (Lipinski definition) is 1. The van der Waals surface area contributed by atoms with E-state index in [4.69, 9.17) is 0 Å². The van der Waals surface area contributed by atoms with E-state index in [0.717, 1.165) is 11.3 Å². The van der Waals surface area contributed by atoms with Crippen molar-refractivity contribution in [1.29, 1.82) is 0 Å². The van der Waals surface area contributed by atoms with Gasteiger partial charge in [-0.15, -0.1) is 0 Å². The molecule has 1 N–H and O–H groups in total. The Labute approximate surface area is 129 Å². The number of benzene rings is 2. The lowest BCUT2D eigenvalue weighted by molar-refractivity contribution is 0.741.